The van der Waals surface area contributed by atoms with Gasteiger partial charge in [-0.2, -0.15) is 4.98 Å². The number of pyridine rings is 1. The summed E-state index contributed by atoms with van der Waals surface area (Å²) in [6, 6.07) is 11.5. The van der Waals surface area contributed by atoms with Gasteiger partial charge >= 0.3 is 0 Å². The molecule has 7 nitrogen and oxygen atoms in total. The fraction of sp³-hybridized carbons (Fsp3) is 0.300. The van der Waals surface area contributed by atoms with Crippen LogP contribution in [0, 0.1) is 5.82 Å². The Morgan fingerprint density at radius 1 is 1.18 bits per heavy atom. The Balaban J connectivity index is 1.30. The number of hydrogen-bond acceptors (Lipinski definition) is 6. The number of halogens is 1. The Kier molecular flexibility index (Phi) is 5.27. The molecule has 1 aliphatic rings. The van der Waals surface area contributed by atoms with Gasteiger partial charge in [0.05, 0.1) is 0 Å². The van der Waals surface area contributed by atoms with Crippen LogP contribution < -0.4 is 4.74 Å². The van der Waals surface area contributed by atoms with Crippen molar-refractivity contribution in [2.24, 2.45) is 0 Å². The van der Waals surface area contributed by atoms with E-state index in [9.17, 15) is 9.18 Å². The van der Waals surface area contributed by atoms with Gasteiger partial charge in [0.1, 0.15) is 5.69 Å². The van der Waals surface area contributed by atoms with Crippen molar-refractivity contribution in [3.63, 3.8) is 0 Å². The first-order valence-electron chi connectivity index (χ1n) is 9.11. The molecule has 1 aliphatic heterocycles. The molecule has 0 N–H and O–H groups in total. The van der Waals surface area contributed by atoms with Crippen molar-refractivity contribution in [2.45, 2.75) is 18.8 Å². The average molecular weight is 382 g/mol. The molecule has 0 aliphatic carbocycles. The normalized spacial score (nSPS) is 14.8. The lowest BCUT2D eigenvalue weighted by Crippen LogP contribution is -2.40. The van der Waals surface area contributed by atoms with E-state index in [1.165, 1.54) is 12.1 Å². The second-order valence-electron chi connectivity index (χ2n) is 6.55. The Labute approximate surface area is 161 Å². The maximum absolute atomic E-state index is 13.6. The molecule has 8 heteroatoms. The molecule has 3 heterocycles. The predicted octanol–water partition coefficient (Wildman–Crippen LogP) is 3.06. The van der Waals surface area contributed by atoms with Crippen LogP contribution in [0.5, 0.6) is 5.75 Å². The Morgan fingerprint density at radius 2 is 1.96 bits per heavy atom. The number of piperidine rings is 1. The first-order chi connectivity index (χ1) is 13.7. The summed E-state index contributed by atoms with van der Waals surface area (Å²) < 4.78 is 24.2. The lowest BCUT2D eigenvalue weighted by molar-refractivity contribution is -0.134. The fourth-order valence-electron chi connectivity index (χ4n) is 3.17. The standard InChI is InChI=1S/C20H19FN4O3/c21-15-5-1-2-7-17(15)27-13-18(26)25-11-8-14(9-12-25)19-23-20(28-24-19)16-6-3-4-10-22-16/h1-7,10,14H,8-9,11-13H2. The summed E-state index contributed by atoms with van der Waals surface area (Å²) in [6.07, 6.45) is 3.13. The molecular formula is C20H19FN4O3. The summed E-state index contributed by atoms with van der Waals surface area (Å²) in [5.41, 5.74) is 0.638. The molecule has 1 fully saturated rings. The van der Waals surface area contributed by atoms with Gasteiger partial charge in [-0.25, -0.2) is 4.39 Å². The highest BCUT2D eigenvalue weighted by atomic mass is 19.1. The van der Waals surface area contributed by atoms with Crippen LogP contribution in [0.4, 0.5) is 4.39 Å². The molecule has 144 valence electrons. The highest BCUT2D eigenvalue weighted by Crippen LogP contribution is 2.27. The number of amides is 1. The molecule has 0 radical (unpaired) electrons. The second kappa shape index (κ2) is 8.16. The summed E-state index contributed by atoms with van der Waals surface area (Å²) in [5, 5.41) is 4.08. The number of carbonyl (C=O) groups is 1. The van der Waals surface area contributed by atoms with E-state index >= 15 is 0 Å². The largest absolute Gasteiger partial charge is 0.481 e. The van der Waals surface area contributed by atoms with Crippen LogP contribution in [0.3, 0.4) is 0 Å². The summed E-state index contributed by atoms with van der Waals surface area (Å²) in [5.74, 6) is 0.596. The van der Waals surface area contributed by atoms with Gasteiger partial charge in [-0.1, -0.05) is 23.4 Å². The van der Waals surface area contributed by atoms with Gasteiger partial charge in [0, 0.05) is 25.2 Å². The minimum atomic E-state index is -0.477. The lowest BCUT2D eigenvalue weighted by atomic mass is 9.96. The molecule has 0 saturated carbocycles. The van der Waals surface area contributed by atoms with Gasteiger partial charge in [0.2, 0.25) is 0 Å². The Morgan fingerprint density at radius 3 is 2.71 bits per heavy atom. The number of nitrogens with zero attached hydrogens (tertiary/aromatic N) is 4. The van der Waals surface area contributed by atoms with Crippen LogP contribution in [0.15, 0.2) is 53.2 Å². The van der Waals surface area contributed by atoms with E-state index in [-0.39, 0.29) is 24.2 Å². The van der Waals surface area contributed by atoms with E-state index in [0.717, 1.165) is 12.8 Å². The van der Waals surface area contributed by atoms with Crippen LogP contribution >= 0.6 is 0 Å². The second-order valence-corrected chi connectivity index (χ2v) is 6.55. The van der Waals surface area contributed by atoms with E-state index < -0.39 is 5.82 Å². The zero-order valence-electron chi connectivity index (χ0n) is 15.1. The molecule has 28 heavy (non-hydrogen) atoms. The predicted molar refractivity (Wildman–Crippen MR) is 98.0 cm³/mol. The highest BCUT2D eigenvalue weighted by molar-refractivity contribution is 5.77. The molecule has 1 saturated heterocycles. The number of hydrogen-bond donors (Lipinski definition) is 0. The molecule has 0 bridgehead atoms. The number of para-hydroxylation sites is 1. The number of benzene rings is 1. The molecule has 0 spiro atoms. The highest BCUT2D eigenvalue weighted by Gasteiger charge is 2.27. The van der Waals surface area contributed by atoms with Crippen molar-refractivity contribution in [3.8, 4) is 17.3 Å². The number of aromatic nitrogens is 3. The summed E-state index contributed by atoms with van der Waals surface area (Å²) >= 11 is 0. The molecule has 1 aromatic carbocycles. The third-order valence-electron chi connectivity index (χ3n) is 4.73. The maximum Gasteiger partial charge on any atom is 0.276 e. The molecular weight excluding hydrogens is 363 g/mol. The number of ether oxygens (including phenoxy) is 1. The summed E-state index contributed by atoms with van der Waals surface area (Å²) in [4.78, 5) is 22.7. The molecule has 1 amide bonds. The minimum absolute atomic E-state index is 0.0829. The van der Waals surface area contributed by atoms with Gasteiger partial charge in [-0.3, -0.25) is 9.78 Å². The first kappa shape index (κ1) is 18.1. The average Bonchev–Trinajstić information content (AvgIpc) is 3.24. The van der Waals surface area contributed by atoms with Crippen LogP contribution in [-0.4, -0.2) is 45.6 Å². The number of likely N-dealkylation sites (tertiary alicyclic amines) is 1. The van der Waals surface area contributed by atoms with Crippen molar-refractivity contribution in [3.05, 3.63) is 60.3 Å². The third-order valence-corrected chi connectivity index (χ3v) is 4.73. The van der Waals surface area contributed by atoms with Gasteiger partial charge < -0.3 is 14.2 Å². The molecule has 0 atom stereocenters. The van der Waals surface area contributed by atoms with Crippen molar-refractivity contribution < 1.29 is 18.4 Å². The van der Waals surface area contributed by atoms with E-state index in [0.29, 0.717) is 30.5 Å². The Bertz CT molecular complexity index is 939. The maximum atomic E-state index is 13.6. The van der Waals surface area contributed by atoms with Gasteiger partial charge in [0.25, 0.3) is 11.8 Å². The zero-order valence-corrected chi connectivity index (χ0v) is 15.1. The van der Waals surface area contributed by atoms with Gasteiger partial charge in [-0.05, 0) is 37.1 Å². The minimum Gasteiger partial charge on any atom is -0.481 e. The molecule has 0 unspecified atom stereocenters. The molecule has 3 aromatic rings. The summed E-state index contributed by atoms with van der Waals surface area (Å²) in [7, 11) is 0. The van der Waals surface area contributed by atoms with Crippen LogP contribution in [0.25, 0.3) is 11.6 Å². The lowest BCUT2D eigenvalue weighted by Gasteiger charge is -2.30. The van der Waals surface area contributed by atoms with E-state index in [4.69, 9.17) is 9.26 Å². The quantitative estimate of drug-likeness (QED) is 0.675. The Hall–Kier alpha value is -3.29. The van der Waals surface area contributed by atoms with Gasteiger partial charge in [-0.15, -0.1) is 0 Å². The third kappa shape index (κ3) is 4.00. The van der Waals surface area contributed by atoms with Crippen LogP contribution in [0.1, 0.15) is 24.6 Å². The SMILES string of the molecule is O=C(COc1ccccc1F)N1CCC(c2noc(-c3ccccn3)n2)CC1. The smallest absolute Gasteiger partial charge is 0.276 e. The van der Waals surface area contributed by atoms with E-state index in [1.54, 1.807) is 23.2 Å². The topological polar surface area (TPSA) is 81.4 Å². The van der Waals surface area contributed by atoms with Crippen molar-refractivity contribution in [2.75, 3.05) is 19.7 Å². The number of rotatable bonds is 5. The van der Waals surface area contributed by atoms with Crippen molar-refractivity contribution in [1.29, 1.82) is 0 Å². The van der Waals surface area contributed by atoms with E-state index in [2.05, 4.69) is 15.1 Å². The molecule has 4 rings (SSSR count). The number of carbonyl (C=O) groups excluding carboxylic acids is 1. The van der Waals surface area contributed by atoms with Crippen LogP contribution in [-0.2, 0) is 4.79 Å². The summed E-state index contributed by atoms with van der Waals surface area (Å²) in [6.45, 7) is 0.951. The van der Waals surface area contributed by atoms with Crippen molar-refractivity contribution in [1.82, 2.24) is 20.0 Å². The van der Waals surface area contributed by atoms with E-state index in [1.807, 2.05) is 18.2 Å². The molecule has 2 aromatic heterocycles. The zero-order chi connectivity index (χ0) is 19.3. The fourth-order valence-corrected chi connectivity index (χ4v) is 3.17. The first-order valence-corrected chi connectivity index (χ1v) is 9.11. The van der Waals surface area contributed by atoms with Gasteiger partial charge in [0.15, 0.2) is 24.0 Å². The monoisotopic (exact) mass is 382 g/mol. The van der Waals surface area contributed by atoms with Crippen molar-refractivity contribution >= 4 is 5.91 Å². The van der Waals surface area contributed by atoms with Crippen LogP contribution in [0.2, 0.25) is 0 Å².